The summed E-state index contributed by atoms with van der Waals surface area (Å²) in [6.45, 7) is 0. The van der Waals surface area contributed by atoms with E-state index in [0.29, 0.717) is 12.2 Å². The van der Waals surface area contributed by atoms with Crippen molar-refractivity contribution in [2.45, 2.75) is 18.6 Å². The second-order valence-electron chi connectivity index (χ2n) is 5.00. The first-order valence-electron chi connectivity index (χ1n) is 6.88. The number of ether oxygens (including phenoxy) is 3. The molecule has 2 aromatic rings. The van der Waals surface area contributed by atoms with Crippen LogP contribution in [0.1, 0.15) is 29.8 Å². The van der Waals surface area contributed by atoms with Gasteiger partial charge in [0.25, 0.3) is 0 Å². The zero-order valence-electron chi connectivity index (χ0n) is 12.1. The molecule has 4 nitrogen and oxygen atoms in total. The number of benzene rings is 2. The van der Waals surface area contributed by atoms with Crippen LogP contribution in [0.3, 0.4) is 0 Å². The van der Waals surface area contributed by atoms with Gasteiger partial charge >= 0.3 is 0 Å². The lowest BCUT2D eigenvalue weighted by atomic mass is 9.94. The molecule has 1 N–H and O–H groups in total. The summed E-state index contributed by atoms with van der Waals surface area (Å²) < 4.78 is 16.7. The number of rotatable bonds is 3. The summed E-state index contributed by atoms with van der Waals surface area (Å²) in [5.41, 5.74) is 1.74. The Morgan fingerprint density at radius 2 is 1.86 bits per heavy atom. The fraction of sp³-hybridized carbons (Fsp3) is 0.294. The van der Waals surface area contributed by atoms with Gasteiger partial charge in [-0.15, -0.1) is 0 Å². The molecule has 0 bridgehead atoms. The SMILES string of the molecule is COc1ccc(C2C[C@@H](O)c3ccccc3O2)c(OC)c1. The molecular formula is C17H18O4. The Hall–Kier alpha value is -2.20. The van der Waals surface area contributed by atoms with E-state index in [1.807, 2.05) is 42.5 Å². The molecule has 0 radical (unpaired) electrons. The number of hydrogen-bond acceptors (Lipinski definition) is 4. The first-order valence-corrected chi connectivity index (χ1v) is 6.88. The van der Waals surface area contributed by atoms with E-state index in [1.54, 1.807) is 14.2 Å². The minimum atomic E-state index is -0.535. The van der Waals surface area contributed by atoms with Crippen molar-refractivity contribution >= 4 is 0 Å². The summed E-state index contributed by atoms with van der Waals surface area (Å²) in [5, 5.41) is 10.3. The van der Waals surface area contributed by atoms with Crippen LogP contribution in [0.25, 0.3) is 0 Å². The Kier molecular flexibility index (Phi) is 3.71. The minimum absolute atomic E-state index is 0.240. The minimum Gasteiger partial charge on any atom is -0.497 e. The van der Waals surface area contributed by atoms with Crippen LogP contribution in [-0.4, -0.2) is 19.3 Å². The van der Waals surface area contributed by atoms with Crippen LogP contribution in [0.5, 0.6) is 17.2 Å². The van der Waals surface area contributed by atoms with Gasteiger partial charge in [0.2, 0.25) is 0 Å². The molecule has 4 heteroatoms. The molecule has 0 aliphatic carbocycles. The molecule has 0 saturated heterocycles. The Labute approximate surface area is 123 Å². The third-order valence-electron chi connectivity index (χ3n) is 3.77. The lowest BCUT2D eigenvalue weighted by Crippen LogP contribution is -2.19. The second-order valence-corrected chi connectivity index (χ2v) is 5.00. The monoisotopic (exact) mass is 286 g/mol. The molecular weight excluding hydrogens is 268 g/mol. The first-order chi connectivity index (χ1) is 10.2. The van der Waals surface area contributed by atoms with Gasteiger partial charge in [-0.3, -0.25) is 0 Å². The quantitative estimate of drug-likeness (QED) is 0.941. The molecule has 2 atom stereocenters. The van der Waals surface area contributed by atoms with Crippen LogP contribution in [0.2, 0.25) is 0 Å². The number of aliphatic hydroxyl groups is 1. The third kappa shape index (κ3) is 2.54. The van der Waals surface area contributed by atoms with Gasteiger partial charge in [-0.1, -0.05) is 18.2 Å². The maximum atomic E-state index is 10.3. The van der Waals surface area contributed by atoms with E-state index < -0.39 is 6.10 Å². The van der Waals surface area contributed by atoms with E-state index in [0.717, 1.165) is 22.6 Å². The van der Waals surface area contributed by atoms with Gasteiger partial charge in [0.05, 0.1) is 20.3 Å². The fourth-order valence-electron chi connectivity index (χ4n) is 2.67. The van der Waals surface area contributed by atoms with Crippen LogP contribution in [0.15, 0.2) is 42.5 Å². The molecule has 21 heavy (non-hydrogen) atoms. The molecule has 110 valence electrons. The van der Waals surface area contributed by atoms with Crippen LogP contribution >= 0.6 is 0 Å². The van der Waals surface area contributed by atoms with Crippen molar-refractivity contribution in [3.05, 3.63) is 53.6 Å². The summed E-state index contributed by atoms with van der Waals surface area (Å²) in [6, 6.07) is 13.2. The Morgan fingerprint density at radius 3 is 2.62 bits per heavy atom. The topological polar surface area (TPSA) is 47.9 Å². The van der Waals surface area contributed by atoms with Gasteiger partial charge in [-0.25, -0.2) is 0 Å². The predicted octanol–water partition coefficient (Wildman–Crippen LogP) is 3.26. The van der Waals surface area contributed by atoms with E-state index in [1.165, 1.54) is 0 Å². The molecule has 1 aliphatic heterocycles. The van der Waals surface area contributed by atoms with Crippen molar-refractivity contribution in [1.82, 2.24) is 0 Å². The van der Waals surface area contributed by atoms with E-state index in [-0.39, 0.29) is 6.10 Å². The average molecular weight is 286 g/mol. The highest BCUT2D eigenvalue weighted by molar-refractivity contribution is 5.45. The predicted molar refractivity (Wildman–Crippen MR) is 78.9 cm³/mol. The number of aliphatic hydroxyl groups excluding tert-OH is 1. The standard InChI is InChI=1S/C17H18O4/c1-19-11-7-8-13(16(9-11)20-2)17-10-14(18)12-5-3-4-6-15(12)21-17/h3-9,14,17-18H,10H2,1-2H3/t14-,17?/m1/s1. The Balaban J connectivity index is 1.96. The van der Waals surface area contributed by atoms with E-state index >= 15 is 0 Å². The Bertz CT molecular complexity index is 638. The van der Waals surface area contributed by atoms with E-state index in [2.05, 4.69) is 0 Å². The van der Waals surface area contributed by atoms with Crippen molar-refractivity contribution in [2.75, 3.05) is 14.2 Å². The summed E-state index contributed by atoms with van der Waals surface area (Å²) >= 11 is 0. The van der Waals surface area contributed by atoms with Crippen LogP contribution in [-0.2, 0) is 0 Å². The normalized spacial score (nSPS) is 20.3. The fourth-order valence-corrected chi connectivity index (χ4v) is 2.67. The van der Waals surface area contributed by atoms with Gasteiger partial charge in [-0.2, -0.15) is 0 Å². The largest absolute Gasteiger partial charge is 0.497 e. The average Bonchev–Trinajstić information content (AvgIpc) is 2.54. The number of hydrogen-bond donors (Lipinski definition) is 1. The zero-order valence-corrected chi connectivity index (χ0v) is 12.1. The maximum absolute atomic E-state index is 10.3. The number of para-hydroxylation sites is 1. The molecule has 0 fully saturated rings. The van der Waals surface area contributed by atoms with Crippen molar-refractivity contribution < 1.29 is 19.3 Å². The van der Waals surface area contributed by atoms with Gasteiger partial charge < -0.3 is 19.3 Å². The van der Waals surface area contributed by atoms with E-state index in [4.69, 9.17) is 14.2 Å². The highest BCUT2D eigenvalue weighted by Crippen LogP contribution is 2.43. The summed E-state index contributed by atoms with van der Waals surface area (Å²) in [4.78, 5) is 0. The van der Waals surface area contributed by atoms with Crippen molar-refractivity contribution in [2.24, 2.45) is 0 Å². The molecule has 3 rings (SSSR count). The lowest BCUT2D eigenvalue weighted by molar-refractivity contribution is 0.0645. The molecule has 2 aromatic carbocycles. The van der Waals surface area contributed by atoms with Crippen molar-refractivity contribution in [3.8, 4) is 17.2 Å². The number of methoxy groups -OCH3 is 2. The summed E-state index contributed by atoms with van der Waals surface area (Å²) in [7, 11) is 3.23. The number of fused-ring (bicyclic) bond motifs is 1. The third-order valence-corrected chi connectivity index (χ3v) is 3.77. The molecule has 0 spiro atoms. The Morgan fingerprint density at radius 1 is 1.05 bits per heavy atom. The van der Waals surface area contributed by atoms with Crippen LogP contribution < -0.4 is 14.2 Å². The lowest BCUT2D eigenvalue weighted by Gasteiger charge is -2.30. The molecule has 0 aromatic heterocycles. The molecule has 0 saturated carbocycles. The molecule has 0 amide bonds. The zero-order chi connectivity index (χ0) is 14.8. The second kappa shape index (κ2) is 5.66. The first kappa shape index (κ1) is 13.8. The van der Waals surface area contributed by atoms with Gasteiger partial charge in [0, 0.05) is 23.6 Å². The molecule has 1 aliphatic rings. The van der Waals surface area contributed by atoms with Gasteiger partial charge in [0.15, 0.2) is 0 Å². The van der Waals surface area contributed by atoms with Crippen LogP contribution in [0.4, 0.5) is 0 Å². The highest BCUT2D eigenvalue weighted by Gasteiger charge is 2.29. The van der Waals surface area contributed by atoms with Crippen molar-refractivity contribution in [1.29, 1.82) is 0 Å². The van der Waals surface area contributed by atoms with Gasteiger partial charge in [0.1, 0.15) is 23.4 Å². The molecule has 1 unspecified atom stereocenters. The summed E-state index contributed by atoms with van der Waals surface area (Å²) in [6.07, 6.45) is -0.276. The van der Waals surface area contributed by atoms with E-state index in [9.17, 15) is 5.11 Å². The summed E-state index contributed by atoms with van der Waals surface area (Å²) in [5.74, 6) is 2.15. The smallest absolute Gasteiger partial charge is 0.130 e. The maximum Gasteiger partial charge on any atom is 0.130 e. The molecule has 1 heterocycles. The van der Waals surface area contributed by atoms with Crippen LogP contribution in [0, 0.1) is 0 Å². The van der Waals surface area contributed by atoms with Gasteiger partial charge in [-0.05, 0) is 18.2 Å². The van der Waals surface area contributed by atoms with Crippen molar-refractivity contribution in [3.63, 3.8) is 0 Å². The highest BCUT2D eigenvalue weighted by atomic mass is 16.5.